The number of ether oxygens (including phenoxy) is 2. The van der Waals surface area contributed by atoms with Gasteiger partial charge in [-0.25, -0.2) is 0 Å². The Labute approximate surface area is 160 Å². The first-order valence-corrected chi connectivity index (χ1v) is 8.80. The van der Waals surface area contributed by atoms with Crippen LogP contribution < -0.4 is 14.8 Å². The molecule has 1 amide bonds. The molecule has 2 aromatic carbocycles. The molecule has 8 heteroatoms. The number of anilines is 1. The molecule has 8 nitrogen and oxygen atoms in total. The number of nitrogens with zero attached hydrogens (tertiary/aromatic N) is 2. The van der Waals surface area contributed by atoms with E-state index in [9.17, 15) is 4.79 Å². The highest BCUT2D eigenvalue weighted by molar-refractivity contribution is 6.43. The molecule has 0 saturated carbocycles. The Balaban J connectivity index is 1.31. The van der Waals surface area contributed by atoms with E-state index >= 15 is 0 Å². The molecule has 0 aliphatic carbocycles. The van der Waals surface area contributed by atoms with Crippen molar-refractivity contribution in [2.75, 3.05) is 12.1 Å². The summed E-state index contributed by atoms with van der Waals surface area (Å²) in [6, 6.07) is 15.3. The highest BCUT2D eigenvalue weighted by atomic mass is 16.7. The number of aromatic nitrogens is 2. The third-order valence-electron chi connectivity index (χ3n) is 4.66. The number of fused-ring (bicyclic) bond motifs is 1. The first kappa shape index (κ1) is 16.4. The Morgan fingerprint density at radius 2 is 1.96 bits per heavy atom. The minimum atomic E-state index is -0.329. The van der Waals surface area contributed by atoms with Crippen molar-refractivity contribution in [1.29, 1.82) is 0 Å². The van der Waals surface area contributed by atoms with E-state index in [1.807, 2.05) is 48.5 Å². The molecule has 0 radical (unpaired) electrons. The van der Waals surface area contributed by atoms with Gasteiger partial charge in [-0.1, -0.05) is 41.6 Å². The lowest BCUT2D eigenvalue weighted by Crippen LogP contribution is -2.22. The fourth-order valence-corrected chi connectivity index (χ4v) is 3.21. The molecule has 5 rings (SSSR count). The van der Waals surface area contributed by atoms with Crippen molar-refractivity contribution in [3.63, 3.8) is 0 Å². The van der Waals surface area contributed by atoms with Crippen LogP contribution in [-0.2, 0) is 9.63 Å². The Bertz CT molecular complexity index is 1060. The molecule has 1 aromatic heterocycles. The van der Waals surface area contributed by atoms with Gasteiger partial charge in [-0.15, -0.1) is 0 Å². The third kappa shape index (κ3) is 2.94. The van der Waals surface area contributed by atoms with E-state index in [1.54, 1.807) is 6.20 Å². The van der Waals surface area contributed by atoms with Gasteiger partial charge in [0.25, 0.3) is 5.91 Å². The van der Waals surface area contributed by atoms with E-state index in [0.717, 1.165) is 16.7 Å². The number of benzene rings is 2. The second kappa shape index (κ2) is 6.73. The summed E-state index contributed by atoms with van der Waals surface area (Å²) in [5.41, 5.74) is 2.91. The van der Waals surface area contributed by atoms with Gasteiger partial charge in [-0.2, -0.15) is 5.10 Å². The molecule has 0 fully saturated rings. The molecule has 2 aliphatic rings. The highest BCUT2D eigenvalue weighted by Gasteiger charge is 2.28. The van der Waals surface area contributed by atoms with Gasteiger partial charge in [0.15, 0.2) is 17.6 Å². The van der Waals surface area contributed by atoms with Crippen molar-refractivity contribution in [3.8, 4) is 22.6 Å². The Kier molecular flexibility index (Phi) is 3.93. The molecule has 3 aromatic rings. The van der Waals surface area contributed by atoms with Crippen LogP contribution in [-0.4, -0.2) is 28.6 Å². The summed E-state index contributed by atoms with van der Waals surface area (Å²) in [7, 11) is 0. The fraction of sp³-hybridized carbons (Fsp3) is 0.150. The van der Waals surface area contributed by atoms with Gasteiger partial charge in [0.05, 0.1) is 6.20 Å². The number of aromatic amines is 1. The number of hydrogen-bond donors (Lipinski definition) is 2. The van der Waals surface area contributed by atoms with Crippen LogP contribution in [0.4, 0.5) is 5.82 Å². The minimum Gasteiger partial charge on any atom is -0.454 e. The maximum Gasteiger partial charge on any atom is 0.274 e. The fourth-order valence-electron chi connectivity index (χ4n) is 3.21. The summed E-state index contributed by atoms with van der Waals surface area (Å²) in [5, 5.41) is 13.7. The van der Waals surface area contributed by atoms with Crippen LogP contribution in [0.25, 0.3) is 11.1 Å². The van der Waals surface area contributed by atoms with Crippen molar-refractivity contribution in [2.24, 2.45) is 5.16 Å². The molecule has 140 valence electrons. The van der Waals surface area contributed by atoms with Crippen molar-refractivity contribution < 1.29 is 19.1 Å². The zero-order valence-corrected chi connectivity index (χ0v) is 14.7. The second-order valence-corrected chi connectivity index (χ2v) is 6.43. The van der Waals surface area contributed by atoms with Gasteiger partial charge in [0.2, 0.25) is 6.79 Å². The summed E-state index contributed by atoms with van der Waals surface area (Å²) in [4.78, 5) is 18.1. The largest absolute Gasteiger partial charge is 0.454 e. The van der Waals surface area contributed by atoms with Gasteiger partial charge < -0.3 is 19.6 Å². The summed E-state index contributed by atoms with van der Waals surface area (Å²) in [5.74, 6) is 1.51. The van der Waals surface area contributed by atoms with Crippen LogP contribution in [0.15, 0.2) is 59.9 Å². The van der Waals surface area contributed by atoms with Gasteiger partial charge in [0.1, 0.15) is 11.5 Å². The molecule has 0 unspecified atom stereocenters. The lowest BCUT2D eigenvalue weighted by Gasteiger charge is -2.08. The van der Waals surface area contributed by atoms with Gasteiger partial charge >= 0.3 is 0 Å². The third-order valence-corrected chi connectivity index (χ3v) is 4.66. The zero-order chi connectivity index (χ0) is 18.9. The van der Waals surface area contributed by atoms with Crippen LogP contribution in [0, 0.1) is 0 Å². The standard InChI is InChI=1S/C20H16N4O4/c25-20(15-9-17(28-24-15)12-4-2-1-3-5-12)22-19-14(10-21-23-19)13-6-7-16-18(8-13)27-11-26-16/h1-8,10,17H,9,11H2,(H2,21,22,23,25)/t17-/m1/s1. The summed E-state index contributed by atoms with van der Waals surface area (Å²) in [6.45, 7) is 0.205. The molecule has 28 heavy (non-hydrogen) atoms. The Morgan fingerprint density at radius 1 is 1.11 bits per heavy atom. The van der Waals surface area contributed by atoms with Gasteiger partial charge in [-0.05, 0) is 23.3 Å². The number of carbonyl (C=O) groups excluding carboxylic acids is 1. The molecule has 0 saturated heterocycles. The van der Waals surface area contributed by atoms with Crippen LogP contribution in [0.5, 0.6) is 11.5 Å². The molecule has 0 bridgehead atoms. The first-order valence-electron chi connectivity index (χ1n) is 8.80. The van der Waals surface area contributed by atoms with E-state index in [0.29, 0.717) is 29.4 Å². The van der Waals surface area contributed by atoms with Crippen molar-refractivity contribution >= 4 is 17.4 Å². The van der Waals surface area contributed by atoms with E-state index in [4.69, 9.17) is 14.3 Å². The van der Waals surface area contributed by atoms with Crippen LogP contribution >= 0.6 is 0 Å². The Hall–Kier alpha value is -3.81. The average molecular weight is 376 g/mol. The molecule has 2 aliphatic heterocycles. The zero-order valence-electron chi connectivity index (χ0n) is 14.7. The topological polar surface area (TPSA) is 97.8 Å². The minimum absolute atomic E-state index is 0.205. The number of rotatable bonds is 4. The monoisotopic (exact) mass is 376 g/mol. The molecule has 3 heterocycles. The van der Waals surface area contributed by atoms with Crippen molar-refractivity contribution in [2.45, 2.75) is 12.5 Å². The van der Waals surface area contributed by atoms with Crippen molar-refractivity contribution in [3.05, 3.63) is 60.3 Å². The smallest absolute Gasteiger partial charge is 0.274 e. The highest BCUT2D eigenvalue weighted by Crippen LogP contribution is 2.37. The summed E-state index contributed by atoms with van der Waals surface area (Å²) >= 11 is 0. The number of H-pyrrole nitrogens is 1. The number of hydrogen-bond acceptors (Lipinski definition) is 6. The Morgan fingerprint density at radius 3 is 2.86 bits per heavy atom. The first-order chi connectivity index (χ1) is 13.8. The quantitative estimate of drug-likeness (QED) is 0.728. The molecule has 0 spiro atoms. The van der Waals surface area contributed by atoms with E-state index in [2.05, 4.69) is 20.7 Å². The molecule has 2 N–H and O–H groups in total. The SMILES string of the molecule is O=C(Nc1[nH]ncc1-c1ccc2c(c1)OCO2)C1=NO[C@@H](c2ccccc2)C1. The summed E-state index contributed by atoms with van der Waals surface area (Å²) in [6.07, 6.45) is 1.80. The number of amides is 1. The predicted octanol–water partition coefficient (Wildman–Crippen LogP) is 3.26. The average Bonchev–Trinajstić information content (AvgIpc) is 3.48. The lowest BCUT2D eigenvalue weighted by atomic mass is 10.0. The van der Waals surface area contributed by atoms with Crippen LogP contribution in [0.3, 0.4) is 0 Å². The van der Waals surface area contributed by atoms with Crippen molar-refractivity contribution in [1.82, 2.24) is 10.2 Å². The number of carbonyl (C=O) groups is 1. The lowest BCUT2D eigenvalue weighted by molar-refractivity contribution is -0.110. The van der Waals surface area contributed by atoms with E-state index < -0.39 is 0 Å². The van der Waals surface area contributed by atoms with Gasteiger partial charge in [0, 0.05) is 12.0 Å². The maximum absolute atomic E-state index is 12.6. The predicted molar refractivity (Wildman–Crippen MR) is 101 cm³/mol. The van der Waals surface area contributed by atoms with E-state index in [1.165, 1.54) is 0 Å². The molecule has 1 atom stereocenters. The maximum atomic E-state index is 12.6. The number of nitrogens with one attached hydrogen (secondary N) is 2. The molecular weight excluding hydrogens is 360 g/mol. The van der Waals surface area contributed by atoms with Crippen LogP contribution in [0.2, 0.25) is 0 Å². The van der Waals surface area contributed by atoms with Crippen LogP contribution in [0.1, 0.15) is 18.1 Å². The number of oxime groups is 1. The molecular formula is C20H16N4O4. The van der Waals surface area contributed by atoms with Gasteiger partial charge in [-0.3, -0.25) is 9.89 Å². The second-order valence-electron chi connectivity index (χ2n) is 6.43. The normalized spacial score (nSPS) is 17.1. The van der Waals surface area contributed by atoms with E-state index in [-0.39, 0.29) is 18.8 Å². The summed E-state index contributed by atoms with van der Waals surface area (Å²) < 4.78 is 10.8.